The van der Waals surface area contributed by atoms with Crippen molar-refractivity contribution in [2.75, 3.05) is 11.4 Å². The van der Waals surface area contributed by atoms with Crippen LogP contribution in [0.15, 0.2) is 114 Å². The van der Waals surface area contributed by atoms with Crippen molar-refractivity contribution < 1.29 is 32.7 Å². The summed E-state index contributed by atoms with van der Waals surface area (Å²) in [7, 11) is -4.32. The normalized spacial score (nSPS) is 12.9. The third-order valence-electron chi connectivity index (χ3n) is 9.89. The molecule has 0 atom stereocenters. The van der Waals surface area contributed by atoms with Crippen LogP contribution in [0.2, 0.25) is 5.02 Å². The molecule has 0 spiro atoms. The lowest BCUT2D eigenvalue weighted by atomic mass is 9.98. The van der Waals surface area contributed by atoms with Gasteiger partial charge in [-0.05, 0) is 111 Å². The van der Waals surface area contributed by atoms with Crippen LogP contribution in [-0.4, -0.2) is 64.0 Å². The summed E-state index contributed by atoms with van der Waals surface area (Å²) >= 11 is 6.86. The molecular weight excluding hydrogens is 766 g/mol. The van der Waals surface area contributed by atoms with E-state index in [0.717, 1.165) is 16.5 Å². The number of carboxylic acid groups (broad SMARTS) is 1. The molecule has 0 saturated heterocycles. The molecule has 290 valence electrons. The van der Waals surface area contributed by atoms with Crippen molar-refractivity contribution in [3.05, 3.63) is 153 Å². The van der Waals surface area contributed by atoms with Crippen molar-refractivity contribution in [2.45, 2.75) is 51.1 Å². The highest BCUT2D eigenvalue weighted by atomic mass is 35.5. The highest BCUT2D eigenvalue weighted by Gasteiger charge is 2.34. The molecule has 2 heterocycles. The molecule has 1 aliphatic heterocycles. The van der Waals surface area contributed by atoms with Gasteiger partial charge in [-0.2, -0.15) is 5.10 Å². The predicted octanol–water partition coefficient (Wildman–Crippen LogP) is 7.45. The number of carboxylic acids is 1. The first-order chi connectivity index (χ1) is 27.0. The number of benzene rings is 5. The van der Waals surface area contributed by atoms with E-state index >= 15 is 0 Å². The van der Waals surface area contributed by atoms with Gasteiger partial charge in [-0.15, -0.1) is 0 Å². The van der Waals surface area contributed by atoms with Crippen LogP contribution in [0.1, 0.15) is 79.2 Å². The van der Waals surface area contributed by atoms with E-state index in [-0.39, 0.29) is 38.0 Å². The molecule has 0 saturated carbocycles. The van der Waals surface area contributed by atoms with Gasteiger partial charge in [0, 0.05) is 29.9 Å². The first kappa shape index (κ1) is 38.9. The molecule has 14 heteroatoms. The topological polar surface area (TPSA) is 159 Å². The van der Waals surface area contributed by atoms with Gasteiger partial charge in [0.05, 0.1) is 32.4 Å². The summed E-state index contributed by atoms with van der Waals surface area (Å²) < 4.78 is 30.4. The van der Waals surface area contributed by atoms with Gasteiger partial charge in [-0.1, -0.05) is 66.2 Å². The Labute approximate surface area is 334 Å². The smallest absolute Gasteiger partial charge is 0.335 e. The van der Waals surface area contributed by atoms with E-state index in [1.54, 1.807) is 30.0 Å². The summed E-state index contributed by atoms with van der Waals surface area (Å²) in [5.74, 6) is -3.08. The Morgan fingerprint density at radius 2 is 1.47 bits per heavy atom. The van der Waals surface area contributed by atoms with Crippen molar-refractivity contribution >= 4 is 61.8 Å². The third-order valence-corrected chi connectivity index (χ3v) is 11.7. The summed E-state index contributed by atoms with van der Waals surface area (Å²) in [6, 6.07) is 29.6. The van der Waals surface area contributed by atoms with Gasteiger partial charge in [0.1, 0.15) is 0 Å². The molecule has 0 aliphatic carbocycles. The minimum absolute atomic E-state index is 0.0185. The number of hydrogen-bond acceptors (Lipinski definition) is 7. The maximum Gasteiger partial charge on any atom is 0.335 e. The molecule has 5 aromatic carbocycles. The number of amides is 3. The van der Waals surface area contributed by atoms with Gasteiger partial charge in [-0.25, -0.2) is 22.6 Å². The largest absolute Gasteiger partial charge is 0.478 e. The van der Waals surface area contributed by atoms with Crippen LogP contribution in [0.3, 0.4) is 0 Å². The summed E-state index contributed by atoms with van der Waals surface area (Å²) in [6.45, 7) is 7.75. The van der Waals surface area contributed by atoms with E-state index < -0.39 is 39.3 Å². The number of halogens is 1. The van der Waals surface area contributed by atoms with Gasteiger partial charge in [0.25, 0.3) is 27.7 Å². The van der Waals surface area contributed by atoms with E-state index in [2.05, 4.69) is 9.82 Å². The zero-order chi connectivity index (χ0) is 40.8. The Hall–Kier alpha value is -6.31. The molecule has 7 rings (SSSR count). The van der Waals surface area contributed by atoms with Crippen molar-refractivity contribution in [3.63, 3.8) is 0 Å². The van der Waals surface area contributed by atoms with Crippen LogP contribution in [0, 0.1) is 6.92 Å². The molecular formula is C43H38ClN5O7S. The second-order valence-corrected chi connectivity index (χ2v) is 16.8. The third kappa shape index (κ3) is 7.63. The molecule has 57 heavy (non-hydrogen) atoms. The average Bonchev–Trinajstić information content (AvgIpc) is 3.49. The number of carbonyl (C=O) groups is 4. The van der Waals surface area contributed by atoms with Gasteiger partial charge < -0.3 is 14.9 Å². The number of sulfonamides is 1. The molecule has 12 nitrogen and oxygen atoms in total. The van der Waals surface area contributed by atoms with E-state index in [1.165, 1.54) is 64.2 Å². The number of hydrogen-bond donors (Lipinski definition) is 2. The number of anilines is 1. The number of carbonyl (C=O) groups excluding carboxylic acids is 3. The number of fused-ring (bicyclic) bond motifs is 2. The standard InChI is InChI=1S/C43H38ClN5O7S/c1-26-37(44)38(41(52)48(43(2,3)4)33-17-13-29(14-18-33)42(53)54)45-49(26)36-20-16-31(24-35(36)40(51)47-22-21-28-10-6-8-12-32(28)25-47)39(50)46-57(55,56)34-19-15-27-9-5-7-11-30(27)23-34/h5-20,23-24H,21-22,25H2,1-4H3,(H,46,50)(H,53,54). The fraction of sp³-hybridized carbons (Fsp3) is 0.186. The molecule has 0 bridgehead atoms. The summed E-state index contributed by atoms with van der Waals surface area (Å²) in [5, 5.41) is 15.6. The fourth-order valence-corrected chi connectivity index (χ4v) is 8.18. The monoisotopic (exact) mass is 803 g/mol. The highest BCUT2D eigenvalue weighted by molar-refractivity contribution is 7.90. The maximum atomic E-state index is 14.5. The Morgan fingerprint density at radius 1 is 0.825 bits per heavy atom. The van der Waals surface area contributed by atoms with Crippen LogP contribution >= 0.6 is 11.6 Å². The zero-order valence-corrected chi connectivity index (χ0v) is 33.1. The summed E-state index contributed by atoms with van der Waals surface area (Å²) in [6.07, 6.45) is 0.600. The van der Waals surface area contributed by atoms with Gasteiger partial charge in [0.15, 0.2) is 5.69 Å². The fourth-order valence-electron chi connectivity index (χ4n) is 6.97. The summed E-state index contributed by atoms with van der Waals surface area (Å²) in [5.41, 5.74) is 2.08. The lowest BCUT2D eigenvalue weighted by Crippen LogP contribution is -2.46. The predicted molar refractivity (Wildman–Crippen MR) is 217 cm³/mol. The van der Waals surface area contributed by atoms with Crippen molar-refractivity contribution in [2.24, 2.45) is 0 Å². The maximum absolute atomic E-state index is 14.5. The Bertz CT molecular complexity index is 2720. The Kier molecular flexibility index (Phi) is 10.2. The Morgan fingerprint density at radius 3 is 2.16 bits per heavy atom. The summed E-state index contributed by atoms with van der Waals surface area (Å²) in [4.78, 5) is 57.1. The molecule has 6 aromatic rings. The second kappa shape index (κ2) is 15.0. The van der Waals surface area contributed by atoms with Gasteiger partial charge in [0.2, 0.25) is 0 Å². The van der Waals surface area contributed by atoms with Crippen LogP contribution < -0.4 is 9.62 Å². The second-order valence-electron chi connectivity index (χ2n) is 14.7. The molecule has 3 amide bonds. The van der Waals surface area contributed by atoms with E-state index in [9.17, 15) is 32.7 Å². The minimum atomic E-state index is -4.32. The SMILES string of the molecule is Cc1c(Cl)c(C(=O)N(c2ccc(C(=O)O)cc2)C(C)(C)C)nn1-c1ccc(C(=O)NS(=O)(=O)c2ccc3ccccc3c2)cc1C(=O)N1CCc2ccccc2C1. The van der Waals surface area contributed by atoms with Crippen molar-refractivity contribution in [1.29, 1.82) is 0 Å². The molecule has 1 aliphatic rings. The lowest BCUT2D eigenvalue weighted by Gasteiger charge is -2.35. The highest BCUT2D eigenvalue weighted by Crippen LogP contribution is 2.33. The van der Waals surface area contributed by atoms with Gasteiger partial charge >= 0.3 is 5.97 Å². The molecule has 0 unspecified atom stereocenters. The molecule has 1 aromatic heterocycles. The van der Waals surface area contributed by atoms with Gasteiger partial charge in [-0.3, -0.25) is 14.4 Å². The van der Waals surface area contributed by atoms with Crippen molar-refractivity contribution in [1.82, 2.24) is 19.4 Å². The first-order valence-electron chi connectivity index (χ1n) is 18.0. The number of aromatic carboxylic acids is 1. The Balaban J connectivity index is 1.28. The first-order valence-corrected chi connectivity index (χ1v) is 19.9. The lowest BCUT2D eigenvalue weighted by molar-refractivity contribution is 0.0694. The molecule has 0 fully saturated rings. The number of aromatic nitrogens is 2. The molecule has 2 N–H and O–H groups in total. The average molecular weight is 804 g/mol. The minimum Gasteiger partial charge on any atom is -0.478 e. The van der Waals surface area contributed by atoms with Crippen LogP contribution in [0.25, 0.3) is 16.5 Å². The van der Waals surface area contributed by atoms with Crippen LogP contribution in [0.5, 0.6) is 0 Å². The zero-order valence-electron chi connectivity index (χ0n) is 31.5. The molecule has 0 radical (unpaired) electrons. The quantitative estimate of drug-likeness (QED) is 0.161. The van der Waals surface area contributed by atoms with Crippen LogP contribution in [0.4, 0.5) is 5.69 Å². The number of nitrogens with zero attached hydrogens (tertiary/aromatic N) is 4. The van der Waals surface area contributed by atoms with E-state index in [0.29, 0.717) is 36.3 Å². The van der Waals surface area contributed by atoms with E-state index in [4.69, 9.17) is 11.6 Å². The number of nitrogens with one attached hydrogen (secondary N) is 1. The van der Waals surface area contributed by atoms with Crippen molar-refractivity contribution in [3.8, 4) is 5.69 Å². The van der Waals surface area contributed by atoms with E-state index in [1.807, 2.05) is 57.2 Å². The van der Waals surface area contributed by atoms with Crippen LogP contribution in [-0.2, 0) is 23.0 Å². The number of rotatable bonds is 8.